The lowest BCUT2D eigenvalue weighted by Gasteiger charge is -2.38. The second kappa shape index (κ2) is 12.5. The number of hydrogen-bond donors (Lipinski definition) is 2. The molecule has 1 aliphatic heterocycles. The summed E-state index contributed by atoms with van der Waals surface area (Å²) < 4.78 is 44.7. The normalized spacial score (nSPS) is 19.7. The van der Waals surface area contributed by atoms with Gasteiger partial charge in [-0.05, 0) is 59.8 Å². The van der Waals surface area contributed by atoms with Gasteiger partial charge in [0.2, 0.25) is 0 Å². The van der Waals surface area contributed by atoms with Crippen molar-refractivity contribution in [1.29, 1.82) is 0 Å². The van der Waals surface area contributed by atoms with Gasteiger partial charge in [0.25, 0.3) is 0 Å². The third-order valence-corrected chi connectivity index (χ3v) is 7.42. The zero-order valence-corrected chi connectivity index (χ0v) is 24.2. The maximum absolute atomic E-state index is 13.1. The van der Waals surface area contributed by atoms with E-state index in [4.69, 9.17) is 9.72 Å². The molecule has 0 spiro atoms. The summed E-state index contributed by atoms with van der Waals surface area (Å²) in [6.45, 7) is 15.7. The van der Waals surface area contributed by atoms with Crippen LogP contribution in [-0.4, -0.2) is 33.4 Å². The van der Waals surface area contributed by atoms with Crippen molar-refractivity contribution in [3.05, 3.63) is 63.7 Å². The first-order valence-electron chi connectivity index (χ1n) is 13.9. The molecular formula is C31H43F3N2O3. The average molecular weight is 549 g/mol. The number of aromatic nitrogens is 2. The van der Waals surface area contributed by atoms with E-state index >= 15 is 0 Å². The number of halogens is 3. The predicted molar refractivity (Wildman–Crippen MR) is 147 cm³/mol. The molecule has 1 aliphatic carbocycles. The number of aliphatic hydroxyl groups excluding tert-OH is 2. The van der Waals surface area contributed by atoms with Crippen LogP contribution in [0.15, 0.2) is 24.4 Å². The molecule has 2 aromatic rings. The van der Waals surface area contributed by atoms with Crippen molar-refractivity contribution in [3.8, 4) is 0 Å². The number of fused-ring (bicyclic) bond motifs is 1. The molecule has 2 aromatic heterocycles. The monoisotopic (exact) mass is 548 g/mol. The minimum atomic E-state index is -4.51. The fourth-order valence-corrected chi connectivity index (χ4v) is 5.03. The SMILES string of the molecule is CC(C)c1nc2c(c(C3=CCOCC3)c1[C@@H](O)c1ccc(C(F)(F)F)cn1)C(O)CC(C)(C)C2.CCC(C)C. The summed E-state index contributed by atoms with van der Waals surface area (Å²) in [5, 5.41) is 22.7. The van der Waals surface area contributed by atoms with Crippen molar-refractivity contribution in [2.75, 3.05) is 13.2 Å². The van der Waals surface area contributed by atoms with Crippen molar-refractivity contribution in [2.45, 2.75) is 98.5 Å². The number of aliphatic hydroxyl groups is 2. The molecule has 0 amide bonds. The maximum atomic E-state index is 13.1. The Morgan fingerprint density at radius 3 is 2.31 bits per heavy atom. The summed E-state index contributed by atoms with van der Waals surface area (Å²) in [4.78, 5) is 8.89. The standard InChI is InChI=1S/C26H31F3N2O3.C5H12/c1-14(2)23-22(24(33)17-6-5-16(13-30-17)26(27,28)29)20(15-7-9-34-10-8-15)21-18(31-23)11-25(3,4)12-19(21)32;1-4-5(2)3/h5-7,13-14,19,24,32-33H,8-12H2,1-4H3;5H,4H2,1-3H3/t19?,24-;/m0./s1. The van der Waals surface area contributed by atoms with E-state index in [1.165, 1.54) is 12.5 Å². The molecule has 4 rings (SSSR count). The van der Waals surface area contributed by atoms with Crippen LogP contribution in [0.4, 0.5) is 13.2 Å². The molecule has 8 heteroatoms. The summed E-state index contributed by atoms with van der Waals surface area (Å²) >= 11 is 0. The fraction of sp³-hybridized carbons (Fsp3) is 0.613. The van der Waals surface area contributed by atoms with E-state index in [9.17, 15) is 23.4 Å². The third-order valence-electron chi connectivity index (χ3n) is 7.42. The number of pyridine rings is 2. The molecule has 0 saturated heterocycles. The van der Waals surface area contributed by atoms with Crippen LogP contribution in [0.1, 0.15) is 125 Å². The highest BCUT2D eigenvalue weighted by atomic mass is 19.4. The Hall–Kier alpha value is -2.29. The van der Waals surface area contributed by atoms with Crippen LogP contribution < -0.4 is 0 Å². The first-order valence-corrected chi connectivity index (χ1v) is 13.9. The average Bonchev–Trinajstić information content (AvgIpc) is 2.86. The topological polar surface area (TPSA) is 75.5 Å². The number of nitrogens with zero attached hydrogens (tertiary/aromatic N) is 2. The number of ether oxygens (including phenoxy) is 1. The molecule has 0 bridgehead atoms. The molecule has 5 nitrogen and oxygen atoms in total. The largest absolute Gasteiger partial charge is 0.417 e. The Bertz CT molecular complexity index is 1160. The maximum Gasteiger partial charge on any atom is 0.417 e. The van der Waals surface area contributed by atoms with E-state index in [-0.39, 0.29) is 17.0 Å². The Labute approximate surface area is 230 Å². The lowest BCUT2D eigenvalue weighted by Crippen LogP contribution is -2.30. The van der Waals surface area contributed by atoms with Gasteiger partial charge in [-0.15, -0.1) is 0 Å². The van der Waals surface area contributed by atoms with E-state index in [2.05, 4.69) is 39.6 Å². The van der Waals surface area contributed by atoms with Crippen LogP contribution in [0.25, 0.3) is 5.57 Å². The first-order chi connectivity index (χ1) is 18.2. The minimum absolute atomic E-state index is 0.0641. The Morgan fingerprint density at radius 2 is 1.82 bits per heavy atom. The number of hydrogen-bond acceptors (Lipinski definition) is 5. The van der Waals surface area contributed by atoms with Gasteiger partial charge in [0.1, 0.15) is 6.10 Å². The molecule has 0 radical (unpaired) electrons. The van der Waals surface area contributed by atoms with Crippen LogP contribution in [0, 0.1) is 11.3 Å². The molecule has 2 atom stereocenters. The van der Waals surface area contributed by atoms with Crippen molar-refractivity contribution < 1.29 is 28.1 Å². The van der Waals surface area contributed by atoms with E-state index in [1.54, 1.807) is 0 Å². The van der Waals surface area contributed by atoms with Crippen molar-refractivity contribution in [3.63, 3.8) is 0 Å². The summed E-state index contributed by atoms with van der Waals surface area (Å²) in [5.74, 6) is 0.820. The predicted octanol–water partition coefficient (Wildman–Crippen LogP) is 7.56. The summed E-state index contributed by atoms with van der Waals surface area (Å²) in [6.07, 6.45) is -0.739. The number of rotatable bonds is 5. The molecule has 39 heavy (non-hydrogen) atoms. The van der Waals surface area contributed by atoms with Gasteiger partial charge >= 0.3 is 6.18 Å². The summed E-state index contributed by atoms with van der Waals surface area (Å²) in [5.41, 5.74) is 3.49. The highest BCUT2D eigenvalue weighted by Gasteiger charge is 2.38. The van der Waals surface area contributed by atoms with Gasteiger partial charge in [-0.25, -0.2) is 0 Å². The number of alkyl halides is 3. The molecule has 2 aliphatic rings. The smallest absolute Gasteiger partial charge is 0.388 e. The zero-order chi connectivity index (χ0) is 29.1. The van der Waals surface area contributed by atoms with E-state index in [0.717, 1.165) is 35.0 Å². The summed E-state index contributed by atoms with van der Waals surface area (Å²) in [6, 6.07) is 2.13. The second-order valence-corrected chi connectivity index (χ2v) is 12.1. The highest BCUT2D eigenvalue weighted by molar-refractivity contribution is 5.74. The summed E-state index contributed by atoms with van der Waals surface area (Å²) in [7, 11) is 0. The van der Waals surface area contributed by atoms with Crippen LogP contribution in [0.5, 0.6) is 0 Å². The van der Waals surface area contributed by atoms with Gasteiger partial charge in [-0.3, -0.25) is 9.97 Å². The van der Waals surface area contributed by atoms with Gasteiger partial charge in [0, 0.05) is 23.0 Å². The molecular weight excluding hydrogens is 505 g/mol. The zero-order valence-electron chi connectivity index (χ0n) is 24.2. The third kappa shape index (κ3) is 7.47. The molecule has 0 fully saturated rings. The second-order valence-electron chi connectivity index (χ2n) is 12.1. The van der Waals surface area contributed by atoms with E-state index < -0.39 is 23.9 Å². The van der Waals surface area contributed by atoms with Gasteiger partial charge in [-0.1, -0.05) is 61.0 Å². The van der Waals surface area contributed by atoms with Crippen molar-refractivity contribution in [1.82, 2.24) is 9.97 Å². The van der Waals surface area contributed by atoms with Crippen LogP contribution in [-0.2, 0) is 17.3 Å². The van der Waals surface area contributed by atoms with E-state index in [1.807, 2.05) is 19.9 Å². The lowest BCUT2D eigenvalue weighted by atomic mass is 9.71. The van der Waals surface area contributed by atoms with Gasteiger partial charge in [0.15, 0.2) is 0 Å². The van der Waals surface area contributed by atoms with Gasteiger partial charge in [0.05, 0.1) is 36.3 Å². The molecule has 216 valence electrons. The van der Waals surface area contributed by atoms with Crippen LogP contribution in [0.3, 0.4) is 0 Å². The first kappa shape index (κ1) is 31.2. The van der Waals surface area contributed by atoms with Crippen molar-refractivity contribution in [2.24, 2.45) is 11.3 Å². The Balaban J connectivity index is 0.000000771. The molecule has 0 saturated carbocycles. The van der Waals surface area contributed by atoms with Crippen LogP contribution in [0.2, 0.25) is 0 Å². The molecule has 0 aromatic carbocycles. The highest BCUT2D eigenvalue weighted by Crippen LogP contribution is 2.47. The Morgan fingerprint density at radius 1 is 1.15 bits per heavy atom. The quantitative estimate of drug-likeness (QED) is 0.403. The van der Waals surface area contributed by atoms with Crippen molar-refractivity contribution >= 4 is 5.57 Å². The fourth-order valence-electron chi connectivity index (χ4n) is 5.03. The van der Waals surface area contributed by atoms with Gasteiger partial charge in [-0.2, -0.15) is 13.2 Å². The van der Waals surface area contributed by atoms with Crippen LogP contribution >= 0.6 is 0 Å². The molecule has 1 unspecified atom stereocenters. The molecule has 2 N–H and O–H groups in total. The van der Waals surface area contributed by atoms with Gasteiger partial charge < -0.3 is 14.9 Å². The Kier molecular flexibility index (Phi) is 10.00. The molecule has 3 heterocycles. The minimum Gasteiger partial charge on any atom is -0.388 e. The van der Waals surface area contributed by atoms with E-state index in [0.29, 0.717) is 49.3 Å². The lowest BCUT2D eigenvalue weighted by molar-refractivity contribution is -0.137.